The van der Waals surface area contributed by atoms with E-state index in [-0.39, 0.29) is 18.9 Å². The zero-order valence-electron chi connectivity index (χ0n) is 13.9. The van der Waals surface area contributed by atoms with E-state index >= 15 is 0 Å². The summed E-state index contributed by atoms with van der Waals surface area (Å²) in [5.74, 6) is -0.0246. The third kappa shape index (κ3) is 4.13. The number of unbranched alkanes of at least 4 members (excludes halogenated alkanes) is 1. The molecule has 0 saturated carbocycles. The molecule has 1 aromatic heterocycles. The fraction of sp³-hybridized carbons (Fsp3) is 0.556. The molecule has 2 N–H and O–H groups in total. The number of carbonyl (C=O) groups excluding carboxylic acids is 1. The second-order valence-electron chi connectivity index (χ2n) is 6.37. The second kappa shape index (κ2) is 8.26. The molecule has 6 heteroatoms. The Morgan fingerprint density at radius 1 is 1.38 bits per heavy atom. The number of fused-ring (bicyclic) bond motifs is 1. The summed E-state index contributed by atoms with van der Waals surface area (Å²) < 4.78 is 5.21. The van der Waals surface area contributed by atoms with Gasteiger partial charge in [0, 0.05) is 18.0 Å². The summed E-state index contributed by atoms with van der Waals surface area (Å²) in [6.07, 6.45) is 4.49. The molecule has 3 rings (SSSR count). The van der Waals surface area contributed by atoms with Crippen molar-refractivity contribution in [1.82, 2.24) is 15.4 Å². The highest BCUT2D eigenvalue weighted by Gasteiger charge is 2.22. The minimum Gasteiger partial charge on any atom is -0.395 e. The highest BCUT2D eigenvalue weighted by Crippen LogP contribution is 2.18. The molecule has 0 spiro atoms. The van der Waals surface area contributed by atoms with Gasteiger partial charge in [0.25, 0.3) is 0 Å². The monoisotopic (exact) mass is 331 g/mol. The summed E-state index contributed by atoms with van der Waals surface area (Å²) in [6, 6.07) is 7.90. The molecule has 6 nitrogen and oxygen atoms in total. The Morgan fingerprint density at radius 3 is 3.12 bits per heavy atom. The zero-order valence-corrected chi connectivity index (χ0v) is 13.9. The van der Waals surface area contributed by atoms with Crippen LogP contribution in [0.25, 0.3) is 11.0 Å². The molecule has 0 radical (unpaired) electrons. The van der Waals surface area contributed by atoms with E-state index in [1.54, 1.807) is 0 Å². The second-order valence-corrected chi connectivity index (χ2v) is 6.37. The molecular formula is C18H25N3O3. The molecule has 1 aromatic carbocycles. The predicted molar refractivity (Wildman–Crippen MR) is 91.6 cm³/mol. The highest BCUT2D eigenvalue weighted by molar-refractivity contribution is 5.86. The maximum atomic E-state index is 12.0. The van der Waals surface area contributed by atoms with E-state index < -0.39 is 0 Å². The first-order chi connectivity index (χ1) is 11.8. The number of rotatable bonds is 8. The molecular weight excluding hydrogens is 306 g/mol. The third-order valence-corrected chi connectivity index (χ3v) is 4.68. The average Bonchev–Trinajstić information content (AvgIpc) is 3.21. The van der Waals surface area contributed by atoms with Crippen molar-refractivity contribution < 1.29 is 14.4 Å². The van der Waals surface area contributed by atoms with Crippen LogP contribution >= 0.6 is 0 Å². The number of benzene rings is 1. The van der Waals surface area contributed by atoms with Gasteiger partial charge in [0.15, 0.2) is 5.58 Å². The normalized spacial score (nSPS) is 18.3. The van der Waals surface area contributed by atoms with Gasteiger partial charge in [0.05, 0.1) is 13.0 Å². The lowest BCUT2D eigenvalue weighted by Crippen LogP contribution is -2.33. The minimum absolute atomic E-state index is 0.0246. The van der Waals surface area contributed by atoms with Gasteiger partial charge in [-0.15, -0.1) is 0 Å². The summed E-state index contributed by atoms with van der Waals surface area (Å²) >= 11 is 0. The molecule has 24 heavy (non-hydrogen) atoms. The van der Waals surface area contributed by atoms with Gasteiger partial charge >= 0.3 is 0 Å². The number of nitrogens with one attached hydrogen (secondary N) is 1. The molecule has 0 bridgehead atoms. The van der Waals surface area contributed by atoms with E-state index in [9.17, 15) is 9.90 Å². The van der Waals surface area contributed by atoms with Crippen molar-refractivity contribution >= 4 is 16.9 Å². The summed E-state index contributed by atoms with van der Waals surface area (Å²) in [5.41, 5.74) is 1.40. The maximum absolute atomic E-state index is 12.0. The van der Waals surface area contributed by atoms with Crippen LogP contribution in [0.2, 0.25) is 0 Å². The van der Waals surface area contributed by atoms with Crippen LogP contribution in [0.4, 0.5) is 0 Å². The minimum atomic E-state index is -0.0246. The van der Waals surface area contributed by atoms with Crippen molar-refractivity contribution in [3.05, 3.63) is 30.0 Å². The Morgan fingerprint density at radius 2 is 2.25 bits per heavy atom. The van der Waals surface area contributed by atoms with Gasteiger partial charge in [-0.05, 0) is 50.9 Å². The van der Waals surface area contributed by atoms with Gasteiger partial charge in [-0.25, -0.2) is 0 Å². The molecule has 1 aliphatic heterocycles. The molecule has 0 aliphatic carbocycles. The van der Waals surface area contributed by atoms with Crippen LogP contribution < -0.4 is 5.32 Å². The molecule has 1 atom stereocenters. The van der Waals surface area contributed by atoms with E-state index in [2.05, 4.69) is 15.4 Å². The van der Waals surface area contributed by atoms with Crippen LogP contribution in [0.15, 0.2) is 28.8 Å². The standard InChI is InChI=1S/C18H25N3O3/c22-13-14-6-5-11-21(14)10-4-3-9-19-18(23)12-16-15-7-1-2-8-17(15)24-20-16/h1-2,7-8,14,22H,3-6,9-13H2,(H,19,23). The fourth-order valence-corrected chi connectivity index (χ4v) is 3.34. The van der Waals surface area contributed by atoms with E-state index in [4.69, 9.17) is 4.52 Å². The van der Waals surface area contributed by atoms with Crippen molar-refractivity contribution in [3.8, 4) is 0 Å². The van der Waals surface area contributed by atoms with E-state index in [0.717, 1.165) is 37.7 Å². The Balaban J connectivity index is 1.36. The first-order valence-corrected chi connectivity index (χ1v) is 8.73. The largest absolute Gasteiger partial charge is 0.395 e. The van der Waals surface area contributed by atoms with Crippen molar-refractivity contribution in [3.63, 3.8) is 0 Å². The Kier molecular flexibility index (Phi) is 5.82. The number of amides is 1. The van der Waals surface area contributed by atoms with Gasteiger partial charge < -0.3 is 14.9 Å². The topological polar surface area (TPSA) is 78.6 Å². The third-order valence-electron chi connectivity index (χ3n) is 4.68. The van der Waals surface area contributed by atoms with Crippen LogP contribution in [0.5, 0.6) is 0 Å². The number of hydrogen-bond donors (Lipinski definition) is 2. The quantitative estimate of drug-likeness (QED) is 0.720. The average molecular weight is 331 g/mol. The number of likely N-dealkylation sites (tertiary alicyclic amines) is 1. The lowest BCUT2D eigenvalue weighted by Gasteiger charge is -2.22. The lowest BCUT2D eigenvalue weighted by molar-refractivity contribution is -0.120. The van der Waals surface area contributed by atoms with E-state index in [1.807, 2.05) is 24.3 Å². The van der Waals surface area contributed by atoms with Gasteiger partial charge in [0.2, 0.25) is 5.91 Å². The number of para-hydroxylation sites is 1. The SMILES string of the molecule is O=C(Cc1noc2ccccc12)NCCCCN1CCCC1CO. The molecule has 1 saturated heterocycles. The Labute approximate surface area is 141 Å². The number of carbonyl (C=O) groups is 1. The zero-order chi connectivity index (χ0) is 16.8. The molecule has 130 valence electrons. The molecule has 1 unspecified atom stereocenters. The molecule has 1 fully saturated rings. The van der Waals surface area contributed by atoms with Gasteiger partial charge in [0.1, 0.15) is 5.69 Å². The first kappa shape index (κ1) is 16.9. The van der Waals surface area contributed by atoms with Gasteiger partial charge in [-0.2, -0.15) is 0 Å². The van der Waals surface area contributed by atoms with Gasteiger partial charge in [-0.1, -0.05) is 17.3 Å². The number of nitrogens with zero attached hydrogens (tertiary/aromatic N) is 2. The van der Waals surface area contributed by atoms with E-state index in [1.165, 1.54) is 6.42 Å². The van der Waals surface area contributed by atoms with E-state index in [0.29, 0.717) is 23.9 Å². The summed E-state index contributed by atoms with van der Waals surface area (Å²) in [5, 5.41) is 17.1. The van der Waals surface area contributed by atoms with Crippen LogP contribution in [-0.2, 0) is 11.2 Å². The summed E-state index contributed by atoms with van der Waals surface area (Å²) in [7, 11) is 0. The number of aromatic nitrogens is 1. The Bertz CT molecular complexity index is 670. The van der Waals surface area contributed by atoms with Crippen molar-refractivity contribution in [2.45, 2.75) is 38.1 Å². The van der Waals surface area contributed by atoms with Crippen LogP contribution in [0, 0.1) is 0 Å². The van der Waals surface area contributed by atoms with Crippen molar-refractivity contribution in [2.24, 2.45) is 0 Å². The first-order valence-electron chi connectivity index (χ1n) is 8.73. The molecule has 1 aliphatic rings. The Hall–Kier alpha value is -1.92. The predicted octanol–water partition coefficient (Wildman–Crippen LogP) is 1.72. The van der Waals surface area contributed by atoms with Crippen LogP contribution in [-0.4, -0.2) is 53.4 Å². The van der Waals surface area contributed by atoms with Crippen molar-refractivity contribution in [1.29, 1.82) is 0 Å². The van der Waals surface area contributed by atoms with Gasteiger partial charge in [-0.3, -0.25) is 9.69 Å². The fourth-order valence-electron chi connectivity index (χ4n) is 3.34. The number of aliphatic hydroxyl groups excluding tert-OH is 1. The van der Waals surface area contributed by atoms with Crippen molar-refractivity contribution in [2.75, 3.05) is 26.2 Å². The number of hydrogen-bond acceptors (Lipinski definition) is 5. The number of aliphatic hydroxyl groups is 1. The molecule has 2 aromatic rings. The lowest BCUT2D eigenvalue weighted by atomic mass is 10.1. The van der Waals surface area contributed by atoms with Crippen LogP contribution in [0.3, 0.4) is 0 Å². The molecule has 1 amide bonds. The maximum Gasteiger partial charge on any atom is 0.226 e. The smallest absolute Gasteiger partial charge is 0.226 e. The summed E-state index contributed by atoms with van der Waals surface area (Å²) in [4.78, 5) is 14.4. The molecule has 2 heterocycles. The highest BCUT2D eigenvalue weighted by atomic mass is 16.5. The summed E-state index contributed by atoms with van der Waals surface area (Å²) in [6.45, 7) is 3.00. The van der Waals surface area contributed by atoms with Crippen LogP contribution in [0.1, 0.15) is 31.4 Å².